The minimum absolute atomic E-state index is 0.647. The Morgan fingerprint density at radius 2 is 2.54 bits per heavy atom. The second kappa shape index (κ2) is 4.23. The van der Waals surface area contributed by atoms with Gasteiger partial charge in [0, 0.05) is 24.5 Å². The molecule has 0 fully saturated rings. The van der Waals surface area contributed by atoms with E-state index in [1.165, 1.54) is 12.8 Å². The Morgan fingerprint density at radius 3 is 3.23 bits per heavy atom. The number of nitrogens with zero attached hydrogens (tertiary/aromatic N) is 1. The molecule has 1 aromatic heterocycles. The van der Waals surface area contributed by atoms with Gasteiger partial charge in [0.05, 0.1) is 0 Å². The second-order valence-electron chi connectivity index (χ2n) is 3.44. The highest BCUT2D eigenvalue weighted by Crippen LogP contribution is 2.10. The number of hydrogen-bond donors (Lipinski definition) is 2. The van der Waals surface area contributed by atoms with Crippen molar-refractivity contribution < 1.29 is 0 Å². The molecule has 2 N–H and O–H groups in total. The first-order valence-corrected chi connectivity index (χ1v) is 4.82. The summed E-state index contributed by atoms with van der Waals surface area (Å²) in [6, 6.07) is 2.65. The van der Waals surface area contributed by atoms with Gasteiger partial charge in [-0.05, 0) is 25.3 Å². The molecule has 3 nitrogen and oxygen atoms in total. The second-order valence-corrected chi connectivity index (χ2v) is 3.44. The summed E-state index contributed by atoms with van der Waals surface area (Å²) in [5.41, 5.74) is 1.16. The van der Waals surface area contributed by atoms with Crippen molar-refractivity contribution >= 4 is 0 Å². The van der Waals surface area contributed by atoms with Crippen LogP contribution in [-0.4, -0.2) is 16.2 Å². The summed E-state index contributed by atoms with van der Waals surface area (Å²) in [6.07, 6.45) is 9.93. The molecule has 1 atom stereocenters. The molecule has 13 heavy (non-hydrogen) atoms. The number of allylic oxidation sites excluding steroid dienone is 1. The number of hydrogen-bond acceptors (Lipinski definition) is 2. The summed E-state index contributed by atoms with van der Waals surface area (Å²) >= 11 is 0. The van der Waals surface area contributed by atoms with Crippen LogP contribution in [0.5, 0.6) is 0 Å². The zero-order valence-electron chi connectivity index (χ0n) is 7.66. The Bertz CT molecular complexity index is 264. The molecule has 3 heteroatoms. The van der Waals surface area contributed by atoms with Gasteiger partial charge >= 0.3 is 0 Å². The molecule has 1 aliphatic carbocycles. The normalized spacial score (nSPS) is 22.0. The number of rotatable bonds is 3. The Morgan fingerprint density at radius 1 is 1.54 bits per heavy atom. The summed E-state index contributed by atoms with van der Waals surface area (Å²) in [5.74, 6) is 0. The van der Waals surface area contributed by atoms with Crippen molar-refractivity contribution in [2.75, 3.05) is 0 Å². The van der Waals surface area contributed by atoms with Gasteiger partial charge in [-0.1, -0.05) is 12.2 Å². The molecule has 0 saturated carbocycles. The third kappa shape index (κ3) is 2.42. The molecule has 1 unspecified atom stereocenters. The average molecular weight is 177 g/mol. The molecule has 1 aliphatic rings. The third-order valence-corrected chi connectivity index (χ3v) is 2.41. The largest absolute Gasteiger partial charge is 0.308 e. The zero-order chi connectivity index (χ0) is 8.93. The van der Waals surface area contributed by atoms with E-state index in [1.54, 1.807) is 6.20 Å². The molecule has 0 radical (unpaired) electrons. The van der Waals surface area contributed by atoms with Gasteiger partial charge in [0.15, 0.2) is 0 Å². The summed E-state index contributed by atoms with van der Waals surface area (Å²) in [5, 5.41) is 10.4. The van der Waals surface area contributed by atoms with Gasteiger partial charge in [-0.2, -0.15) is 5.10 Å². The van der Waals surface area contributed by atoms with Gasteiger partial charge in [-0.3, -0.25) is 5.10 Å². The van der Waals surface area contributed by atoms with Crippen LogP contribution in [0.2, 0.25) is 0 Å². The van der Waals surface area contributed by atoms with Crippen LogP contribution in [0.4, 0.5) is 0 Å². The SMILES string of the molecule is C1=CCC(NCc2ccn[nH]2)CC1. The van der Waals surface area contributed by atoms with Crippen molar-refractivity contribution in [3.63, 3.8) is 0 Å². The molecule has 0 amide bonds. The molecule has 0 bridgehead atoms. The van der Waals surface area contributed by atoms with Crippen LogP contribution in [0, 0.1) is 0 Å². The molecule has 0 aromatic carbocycles. The van der Waals surface area contributed by atoms with Crippen LogP contribution in [0.15, 0.2) is 24.4 Å². The molecule has 0 aliphatic heterocycles. The van der Waals surface area contributed by atoms with E-state index in [0.717, 1.165) is 18.7 Å². The lowest BCUT2D eigenvalue weighted by Gasteiger charge is -2.18. The lowest BCUT2D eigenvalue weighted by Crippen LogP contribution is -2.29. The van der Waals surface area contributed by atoms with Gasteiger partial charge in [-0.25, -0.2) is 0 Å². The Labute approximate surface area is 78.2 Å². The minimum Gasteiger partial charge on any atom is -0.308 e. The fourth-order valence-corrected chi connectivity index (χ4v) is 1.62. The van der Waals surface area contributed by atoms with Crippen LogP contribution in [0.1, 0.15) is 25.0 Å². The molecule has 70 valence electrons. The lowest BCUT2D eigenvalue weighted by molar-refractivity contribution is 0.471. The van der Waals surface area contributed by atoms with Crippen molar-refractivity contribution in [3.05, 3.63) is 30.1 Å². The monoisotopic (exact) mass is 177 g/mol. The van der Waals surface area contributed by atoms with Gasteiger partial charge in [-0.15, -0.1) is 0 Å². The Hall–Kier alpha value is -1.09. The predicted octanol–water partition coefficient (Wildman–Crippen LogP) is 1.61. The van der Waals surface area contributed by atoms with Gasteiger partial charge in [0.25, 0.3) is 0 Å². The Kier molecular flexibility index (Phi) is 2.77. The predicted molar refractivity (Wildman–Crippen MR) is 52.2 cm³/mol. The Balaban J connectivity index is 1.76. The van der Waals surface area contributed by atoms with Crippen molar-refractivity contribution in [3.8, 4) is 0 Å². The van der Waals surface area contributed by atoms with Crippen molar-refractivity contribution in [1.82, 2.24) is 15.5 Å². The van der Waals surface area contributed by atoms with E-state index in [1.807, 2.05) is 6.07 Å². The van der Waals surface area contributed by atoms with Crippen LogP contribution in [0.3, 0.4) is 0 Å². The highest BCUT2D eigenvalue weighted by Gasteiger charge is 2.08. The van der Waals surface area contributed by atoms with E-state index < -0.39 is 0 Å². The first kappa shape index (κ1) is 8.51. The quantitative estimate of drug-likeness (QED) is 0.689. The maximum atomic E-state index is 3.91. The van der Waals surface area contributed by atoms with E-state index in [2.05, 4.69) is 27.7 Å². The fraction of sp³-hybridized carbons (Fsp3) is 0.500. The first-order chi connectivity index (χ1) is 6.45. The van der Waals surface area contributed by atoms with Gasteiger partial charge < -0.3 is 5.32 Å². The molecule has 0 saturated heterocycles. The van der Waals surface area contributed by atoms with Crippen LogP contribution in [-0.2, 0) is 6.54 Å². The standard InChI is InChI=1S/C10H15N3/c1-2-4-9(5-3-1)11-8-10-6-7-12-13-10/h1-2,6-7,9,11H,3-5,8H2,(H,12,13). The van der Waals surface area contributed by atoms with E-state index in [9.17, 15) is 0 Å². The average Bonchev–Trinajstić information content (AvgIpc) is 2.69. The van der Waals surface area contributed by atoms with Crippen molar-refractivity contribution in [1.29, 1.82) is 0 Å². The topological polar surface area (TPSA) is 40.7 Å². The molecular formula is C10H15N3. The molecule has 1 aromatic rings. The van der Waals surface area contributed by atoms with E-state index in [0.29, 0.717) is 6.04 Å². The number of nitrogens with one attached hydrogen (secondary N) is 2. The molecular weight excluding hydrogens is 162 g/mol. The number of H-pyrrole nitrogens is 1. The summed E-state index contributed by atoms with van der Waals surface area (Å²) < 4.78 is 0. The van der Waals surface area contributed by atoms with Crippen LogP contribution >= 0.6 is 0 Å². The maximum absolute atomic E-state index is 3.91. The highest BCUT2D eigenvalue weighted by molar-refractivity contribution is 4.98. The van der Waals surface area contributed by atoms with Crippen LogP contribution in [0.25, 0.3) is 0 Å². The summed E-state index contributed by atoms with van der Waals surface area (Å²) in [6.45, 7) is 0.901. The fourth-order valence-electron chi connectivity index (χ4n) is 1.62. The maximum Gasteiger partial charge on any atom is 0.0490 e. The van der Waals surface area contributed by atoms with E-state index in [-0.39, 0.29) is 0 Å². The van der Waals surface area contributed by atoms with Crippen molar-refractivity contribution in [2.24, 2.45) is 0 Å². The molecule has 1 heterocycles. The van der Waals surface area contributed by atoms with E-state index >= 15 is 0 Å². The van der Waals surface area contributed by atoms with Gasteiger partial charge in [0.2, 0.25) is 0 Å². The van der Waals surface area contributed by atoms with Gasteiger partial charge in [0.1, 0.15) is 0 Å². The number of aromatic amines is 1. The molecule has 0 spiro atoms. The lowest BCUT2D eigenvalue weighted by atomic mass is 10.0. The minimum atomic E-state index is 0.647. The van der Waals surface area contributed by atoms with Crippen molar-refractivity contribution in [2.45, 2.75) is 31.8 Å². The summed E-state index contributed by atoms with van der Waals surface area (Å²) in [4.78, 5) is 0. The smallest absolute Gasteiger partial charge is 0.0490 e. The first-order valence-electron chi connectivity index (χ1n) is 4.82. The van der Waals surface area contributed by atoms with E-state index in [4.69, 9.17) is 0 Å². The highest BCUT2D eigenvalue weighted by atomic mass is 15.1. The number of aromatic nitrogens is 2. The zero-order valence-corrected chi connectivity index (χ0v) is 7.66. The summed E-state index contributed by atoms with van der Waals surface area (Å²) in [7, 11) is 0. The third-order valence-electron chi connectivity index (χ3n) is 2.41. The van der Waals surface area contributed by atoms with Crippen LogP contribution < -0.4 is 5.32 Å². The molecule has 2 rings (SSSR count).